The molecule has 0 bridgehead atoms. The summed E-state index contributed by atoms with van der Waals surface area (Å²) < 4.78 is 0. The zero-order valence-corrected chi connectivity index (χ0v) is 12.2. The first kappa shape index (κ1) is 15.2. The van der Waals surface area contributed by atoms with Crippen LogP contribution < -0.4 is 0 Å². The third kappa shape index (κ3) is 4.11. The zero-order valence-electron chi connectivity index (χ0n) is 12.2. The lowest BCUT2D eigenvalue weighted by molar-refractivity contribution is 0.0213. The molecule has 0 aliphatic rings. The van der Waals surface area contributed by atoms with Crippen molar-refractivity contribution in [3.8, 4) is 0 Å². The Morgan fingerprint density at radius 2 is 1.78 bits per heavy atom. The summed E-state index contributed by atoms with van der Waals surface area (Å²) in [5.41, 5.74) is 0.877. The Balaban J connectivity index is 2.73. The Morgan fingerprint density at radius 3 is 2.28 bits per heavy atom. The van der Waals surface area contributed by atoms with Gasteiger partial charge in [0, 0.05) is 12.0 Å². The lowest BCUT2D eigenvalue weighted by Crippen LogP contribution is -2.38. The van der Waals surface area contributed by atoms with E-state index in [1.54, 1.807) is 0 Å². The summed E-state index contributed by atoms with van der Waals surface area (Å²) in [7, 11) is 0. The van der Waals surface area contributed by atoms with Crippen LogP contribution in [-0.2, 0) is 0 Å². The fourth-order valence-electron chi connectivity index (χ4n) is 2.41. The van der Waals surface area contributed by atoms with Gasteiger partial charge in [-0.15, -0.1) is 0 Å². The molecule has 1 unspecified atom stereocenters. The van der Waals surface area contributed by atoms with Crippen LogP contribution in [0.5, 0.6) is 0 Å². The highest BCUT2D eigenvalue weighted by Gasteiger charge is 2.30. The van der Waals surface area contributed by atoms with E-state index >= 15 is 0 Å². The van der Waals surface area contributed by atoms with Gasteiger partial charge in [-0.25, -0.2) is 0 Å². The molecular weight excluding hydrogens is 222 g/mol. The van der Waals surface area contributed by atoms with Gasteiger partial charge in [0.25, 0.3) is 0 Å². The molecule has 102 valence electrons. The predicted octanol–water partition coefficient (Wildman–Crippen LogP) is 3.48. The molecular formula is C16H27NO. The van der Waals surface area contributed by atoms with Crippen molar-refractivity contribution in [2.45, 2.75) is 40.2 Å². The van der Waals surface area contributed by atoms with Crippen molar-refractivity contribution in [3.63, 3.8) is 0 Å². The van der Waals surface area contributed by atoms with Crippen LogP contribution in [0.2, 0.25) is 0 Å². The van der Waals surface area contributed by atoms with E-state index in [1.165, 1.54) is 0 Å². The Hall–Kier alpha value is -0.860. The van der Waals surface area contributed by atoms with Crippen LogP contribution in [0, 0.1) is 5.41 Å². The van der Waals surface area contributed by atoms with Crippen molar-refractivity contribution in [2.24, 2.45) is 5.41 Å². The van der Waals surface area contributed by atoms with Crippen LogP contribution in [0.1, 0.15) is 45.8 Å². The highest BCUT2D eigenvalue weighted by Crippen LogP contribution is 2.33. The smallest absolute Gasteiger partial charge is 0.0853 e. The minimum Gasteiger partial charge on any atom is -0.388 e. The fraction of sp³-hybridized carbons (Fsp3) is 0.625. The van der Waals surface area contributed by atoms with Gasteiger partial charge in [-0.05, 0) is 25.1 Å². The molecule has 0 heterocycles. The van der Waals surface area contributed by atoms with E-state index < -0.39 is 6.10 Å². The quantitative estimate of drug-likeness (QED) is 0.799. The van der Waals surface area contributed by atoms with E-state index in [9.17, 15) is 5.11 Å². The number of aliphatic hydroxyl groups is 1. The van der Waals surface area contributed by atoms with Crippen LogP contribution >= 0.6 is 0 Å². The number of benzene rings is 1. The Bertz CT molecular complexity index is 334. The van der Waals surface area contributed by atoms with E-state index in [1.807, 2.05) is 30.3 Å². The van der Waals surface area contributed by atoms with Crippen molar-refractivity contribution in [2.75, 3.05) is 19.6 Å². The molecule has 0 saturated heterocycles. The van der Waals surface area contributed by atoms with Crippen molar-refractivity contribution >= 4 is 0 Å². The SMILES string of the molecule is CCCN(CC)CC(C)(C)C(O)c1ccccc1. The standard InChI is InChI=1S/C16H27NO/c1-5-12-17(6-2)13-16(3,4)15(18)14-10-8-7-9-11-14/h7-11,15,18H,5-6,12-13H2,1-4H3. The second kappa shape index (κ2) is 6.91. The normalized spacial score (nSPS) is 13.9. The van der Waals surface area contributed by atoms with E-state index in [-0.39, 0.29) is 5.41 Å². The van der Waals surface area contributed by atoms with Crippen LogP contribution in [0.15, 0.2) is 30.3 Å². The maximum Gasteiger partial charge on any atom is 0.0853 e. The van der Waals surface area contributed by atoms with E-state index in [0.717, 1.165) is 31.6 Å². The van der Waals surface area contributed by atoms with E-state index in [2.05, 4.69) is 32.6 Å². The second-order valence-corrected chi connectivity index (χ2v) is 5.67. The number of hydrogen-bond donors (Lipinski definition) is 1. The minimum atomic E-state index is -0.412. The van der Waals surface area contributed by atoms with Crippen LogP contribution in [0.3, 0.4) is 0 Å². The van der Waals surface area contributed by atoms with Gasteiger partial charge in [-0.2, -0.15) is 0 Å². The summed E-state index contributed by atoms with van der Waals surface area (Å²) in [6.07, 6.45) is 0.746. The summed E-state index contributed by atoms with van der Waals surface area (Å²) in [5.74, 6) is 0. The average molecular weight is 249 g/mol. The molecule has 1 aromatic rings. The molecule has 2 nitrogen and oxygen atoms in total. The summed E-state index contributed by atoms with van der Waals surface area (Å²) in [6.45, 7) is 11.7. The second-order valence-electron chi connectivity index (χ2n) is 5.67. The van der Waals surface area contributed by atoms with Gasteiger partial charge in [0.2, 0.25) is 0 Å². The molecule has 1 atom stereocenters. The highest BCUT2D eigenvalue weighted by atomic mass is 16.3. The number of hydrogen-bond acceptors (Lipinski definition) is 2. The van der Waals surface area contributed by atoms with Crippen molar-refractivity contribution in [3.05, 3.63) is 35.9 Å². The summed E-state index contributed by atoms with van der Waals surface area (Å²) in [4.78, 5) is 2.41. The van der Waals surface area contributed by atoms with Gasteiger partial charge in [0.05, 0.1) is 6.10 Å². The largest absolute Gasteiger partial charge is 0.388 e. The summed E-state index contributed by atoms with van der Waals surface area (Å²) >= 11 is 0. The Labute approximate surface area is 112 Å². The van der Waals surface area contributed by atoms with Gasteiger partial charge in [-0.3, -0.25) is 0 Å². The maximum absolute atomic E-state index is 10.5. The molecule has 0 spiro atoms. The molecule has 0 aliphatic carbocycles. The van der Waals surface area contributed by atoms with Gasteiger partial charge in [0.15, 0.2) is 0 Å². The number of aliphatic hydroxyl groups excluding tert-OH is 1. The molecule has 0 saturated carbocycles. The van der Waals surface area contributed by atoms with Crippen LogP contribution in [0.4, 0.5) is 0 Å². The third-order valence-corrected chi connectivity index (χ3v) is 3.47. The van der Waals surface area contributed by atoms with E-state index in [4.69, 9.17) is 0 Å². The first-order chi connectivity index (χ1) is 8.51. The minimum absolute atomic E-state index is 0.132. The molecule has 1 N–H and O–H groups in total. The average Bonchev–Trinajstić information content (AvgIpc) is 2.38. The summed E-state index contributed by atoms with van der Waals surface area (Å²) in [6, 6.07) is 9.96. The van der Waals surface area contributed by atoms with E-state index in [0.29, 0.717) is 0 Å². The van der Waals surface area contributed by atoms with Gasteiger partial charge in [-0.1, -0.05) is 58.0 Å². The van der Waals surface area contributed by atoms with Crippen LogP contribution in [-0.4, -0.2) is 29.6 Å². The highest BCUT2D eigenvalue weighted by molar-refractivity contribution is 5.19. The first-order valence-corrected chi connectivity index (χ1v) is 6.96. The Morgan fingerprint density at radius 1 is 1.17 bits per heavy atom. The van der Waals surface area contributed by atoms with Crippen molar-refractivity contribution in [1.29, 1.82) is 0 Å². The third-order valence-electron chi connectivity index (χ3n) is 3.47. The summed E-state index contributed by atoms with van der Waals surface area (Å²) in [5, 5.41) is 10.5. The lowest BCUT2D eigenvalue weighted by atomic mass is 9.82. The molecule has 18 heavy (non-hydrogen) atoms. The first-order valence-electron chi connectivity index (χ1n) is 6.96. The Kier molecular flexibility index (Phi) is 5.83. The molecule has 1 rings (SSSR count). The lowest BCUT2D eigenvalue weighted by Gasteiger charge is -2.36. The molecule has 1 aromatic carbocycles. The molecule has 0 fully saturated rings. The van der Waals surface area contributed by atoms with Crippen molar-refractivity contribution in [1.82, 2.24) is 4.90 Å². The number of nitrogens with zero attached hydrogens (tertiary/aromatic N) is 1. The van der Waals surface area contributed by atoms with Gasteiger partial charge >= 0.3 is 0 Å². The van der Waals surface area contributed by atoms with Gasteiger partial charge < -0.3 is 10.0 Å². The molecule has 2 heteroatoms. The molecule has 0 amide bonds. The fourth-order valence-corrected chi connectivity index (χ4v) is 2.41. The molecule has 0 radical (unpaired) electrons. The molecule has 0 aromatic heterocycles. The van der Waals surface area contributed by atoms with Gasteiger partial charge in [0.1, 0.15) is 0 Å². The molecule has 0 aliphatic heterocycles. The van der Waals surface area contributed by atoms with Crippen LogP contribution in [0.25, 0.3) is 0 Å². The monoisotopic (exact) mass is 249 g/mol. The number of rotatable bonds is 7. The van der Waals surface area contributed by atoms with Crippen molar-refractivity contribution < 1.29 is 5.11 Å². The topological polar surface area (TPSA) is 23.5 Å². The zero-order chi connectivity index (χ0) is 13.6. The maximum atomic E-state index is 10.5. The predicted molar refractivity (Wildman–Crippen MR) is 77.6 cm³/mol.